The maximum atomic E-state index is 11.9. The fourth-order valence-corrected chi connectivity index (χ4v) is 2.28. The van der Waals surface area contributed by atoms with Crippen LogP contribution in [0.2, 0.25) is 0 Å². The number of nitrogens with zero attached hydrogens (tertiary/aromatic N) is 2. The summed E-state index contributed by atoms with van der Waals surface area (Å²) >= 11 is 5.52. The Bertz CT molecular complexity index is 444. The van der Waals surface area contributed by atoms with Crippen molar-refractivity contribution in [3.63, 3.8) is 0 Å². The monoisotopic (exact) mass is 281 g/mol. The van der Waals surface area contributed by atoms with Crippen molar-refractivity contribution in [2.75, 3.05) is 19.0 Å². The summed E-state index contributed by atoms with van der Waals surface area (Å²) in [6.07, 6.45) is 3.10. The third-order valence-electron chi connectivity index (χ3n) is 3.19. The van der Waals surface area contributed by atoms with Gasteiger partial charge >= 0.3 is 0 Å². The Kier molecular flexibility index (Phi) is 4.74. The number of alkyl halides is 1. The molecule has 0 unspecified atom stereocenters. The third kappa shape index (κ3) is 3.67. The van der Waals surface area contributed by atoms with Crippen LogP contribution < -0.4 is 5.32 Å². The zero-order chi connectivity index (χ0) is 13.7. The highest BCUT2D eigenvalue weighted by molar-refractivity contribution is 6.27. The van der Waals surface area contributed by atoms with Crippen molar-refractivity contribution >= 4 is 23.4 Å². The van der Waals surface area contributed by atoms with Crippen molar-refractivity contribution in [2.24, 2.45) is 0 Å². The van der Waals surface area contributed by atoms with Gasteiger partial charge in [-0.05, 0) is 25.0 Å². The number of hydrogen-bond donors (Lipinski definition) is 1. The lowest BCUT2D eigenvalue weighted by Gasteiger charge is -2.31. The van der Waals surface area contributed by atoms with Gasteiger partial charge in [0.15, 0.2) is 0 Å². The number of hydrogen-bond acceptors (Lipinski definition) is 3. The molecule has 1 aromatic heterocycles. The number of piperidine rings is 1. The Morgan fingerprint density at radius 1 is 1.37 bits per heavy atom. The first-order chi connectivity index (χ1) is 9.20. The van der Waals surface area contributed by atoms with Crippen LogP contribution in [-0.2, 0) is 4.79 Å². The van der Waals surface area contributed by atoms with E-state index in [1.54, 1.807) is 29.3 Å². The molecule has 1 saturated heterocycles. The Morgan fingerprint density at radius 3 is 2.68 bits per heavy atom. The van der Waals surface area contributed by atoms with E-state index in [1.807, 2.05) is 0 Å². The quantitative estimate of drug-likeness (QED) is 0.842. The van der Waals surface area contributed by atoms with Crippen LogP contribution in [0.25, 0.3) is 0 Å². The summed E-state index contributed by atoms with van der Waals surface area (Å²) < 4.78 is 0. The van der Waals surface area contributed by atoms with E-state index in [4.69, 9.17) is 11.6 Å². The molecule has 1 fully saturated rings. The second-order valence-electron chi connectivity index (χ2n) is 4.48. The molecule has 6 heteroatoms. The fraction of sp³-hybridized carbons (Fsp3) is 0.462. The second-order valence-corrected chi connectivity index (χ2v) is 4.74. The molecule has 0 spiro atoms. The Balaban J connectivity index is 1.83. The molecule has 2 heterocycles. The molecule has 0 aliphatic carbocycles. The van der Waals surface area contributed by atoms with E-state index in [1.165, 1.54) is 0 Å². The van der Waals surface area contributed by atoms with Gasteiger partial charge in [0.2, 0.25) is 5.91 Å². The Labute approximate surface area is 117 Å². The summed E-state index contributed by atoms with van der Waals surface area (Å²) in [6.45, 7) is 1.28. The first kappa shape index (κ1) is 13.8. The number of rotatable bonds is 3. The average molecular weight is 282 g/mol. The topological polar surface area (TPSA) is 62.3 Å². The molecular formula is C13H16ClN3O2. The molecular weight excluding hydrogens is 266 g/mol. The molecule has 2 amide bonds. The number of carbonyl (C=O) groups is 2. The summed E-state index contributed by atoms with van der Waals surface area (Å²) in [5, 5.41) is 2.94. The first-order valence-electron chi connectivity index (χ1n) is 6.26. The van der Waals surface area contributed by atoms with Gasteiger partial charge in [0, 0.05) is 25.3 Å². The van der Waals surface area contributed by atoms with Crippen molar-refractivity contribution in [3.8, 4) is 0 Å². The molecule has 2 rings (SSSR count). The van der Waals surface area contributed by atoms with Crippen LogP contribution in [0.4, 0.5) is 0 Å². The van der Waals surface area contributed by atoms with E-state index in [0.29, 0.717) is 18.8 Å². The number of carbonyl (C=O) groups excluding carboxylic acids is 2. The van der Waals surface area contributed by atoms with E-state index >= 15 is 0 Å². The third-order valence-corrected chi connectivity index (χ3v) is 3.42. The summed E-state index contributed by atoms with van der Waals surface area (Å²) in [6, 6.07) is 5.33. The number of aromatic nitrogens is 1. The fourth-order valence-electron chi connectivity index (χ4n) is 2.11. The molecule has 0 aromatic carbocycles. The lowest BCUT2D eigenvalue weighted by molar-refractivity contribution is -0.129. The lowest BCUT2D eigenvalue weighted by atomic mass is 10.0. The minimum atomic E-state index is -0.164. The van der Waals surface area contributed by atoms with Crippen LogP contribution in [-0.4, -0.2) is 46.7 Å². The highest BCUT2D eigenvalue weighted by Gasteiger charge is 2.23. The van der Waals surface area contributed by atoms with Crippen LogP contribution in [0.1, 0.15) is 23.3 Å². The molecule has 1 aliphatic heterocycles. The molecule has 0 saturated carbocycles. The van der Waals surface area contributed by atoms with E-state index in [2.05, 4.69) is 10.3 Å². The van der Waals surface area contributed by atoms with Gasteiger partial charge in [0.05, 0.1) is 0 Å². The number of halogens is 1. The summed E-state index contributed by atoms with van der Waals surface area (Å²) in [5.41, 5.74) is 0.418. The number of pyridine rings is 1. The van der Waals surface area contributed by atoms with Crippen LogP contribution in [0, 0.1) is 0 Å². The number of nitrogens with one attached hydrogen (secondary N) is 1. The molecule has 5 nitrogen and oxygen atoms in total. The van der Waals surface area contributed by atoms with Crippen molar-refractivity contribution in [1.29, 1.82) is 0 Å². The standard InChI is InChI=1S/C13H16ClN3O2/c14-9-12(18)17-7-4-10(5-8-17)16-13(19)11-3-1-2-6-15-11/h1-3,6,10H,4-5,7-9H2,(H,16,19). The summed E-state index contributed by atoms with van der Waals surface area (Å²) in [5.74, 6) is -0.191. The molecule has 1 aliphatic rings. The number of amides is 2. The minimum absolute atomic E-state index is 0.0188. The predicted octanol–water partition coefficient (Wildman–Crippen LogP) is 1.04. The first-order valence-corrected chi connectivity index (χ1v) is 6.80. The summed E-state index contributed by atoms with van der Waals surface area (Å²) in [7, 11) is 0. The molecule has 0 bridgehead atoms. The van der Waals surface area contributed by atoms with E-state index in [-0.39, 0.29) is 23.7 Å². The zero-order valence-electron chi connectivity index (χ0n) is 10.5. The van der Waals surface area contributed by atoms with Gasteiger partial charge in [0.1, 0.15) is 11.6 Å². The van der Waals surface area contributed by atoms with E-state index in [0.717, 1.165) is 12.8 Å². The van der Waals surface area contributed by atoms with Gasteiger partial charge in [-0.25, -0.2) is 0 Å². The van der Waals surface area contributed by atoms with Crippen LogP contribution in [0.5, 0.6) is 0 Å². The Morgan fingerprint density at radius 2 is 2.11 bits per heavy atom. The smallest absolute Gasteiger partial charge is 0.270 e. The predicted molar refractivity (Wildman–Crippen MR) is 72.0 cm³/mol. The van der Waals surface area contributed by atoms with E-state index in [9.17, 15) is 9.59 Å². The molecule has 19 heavy (non-hydrogen) atoms. The van der Waals surface area contributed by atoms with Gasteiger partial charge in [-0.2, -0.15) is 0 Å². The highest BCUT2D eigenvalue weighted by Crippen LogP contribution is 2.11. The highest BCUT2D eigenvalue weighted by atomic mass is 35.5. The van der Waals surface area contributed by atoms with Gasteiger partial charge in [-0.15, -0.1) is 11.6 Å². The molecule has 1 N–H and O–H groups in total. The van der Waals surface area contributed by atoms with Crippen molar-refractivity contribution in [2.45, 2.75) is 18.9 Å². The lowest BCUT2D eigenvalue weighted by Crippen LogP contribution is -2.47. The Hall–Kier alpha value is -1.62. The number of likely N-dealkylation sites (tertiary alicyclic amines) is 1. The largest absolute Gasteiger partial charge is 0.348 e. The van der Waals surface area contributed by atoms with Gasteiger partial charge in [-0.3, -0.25) is 14.6 Å². The van der Waals surface area contributed by atoms with E-state index < -0.39 is 0 Å². The van der Waals surface area contributed by atoms with Crippen LogP contribution in [0.3, 0.4) is 0 Å². The SMILES string of the molecule is O=C(NC1CCN(C(=O)CCl)CC1)c1ccccn1. The normalized spacial score (nSPS) is 16.2. The van der Waals surface area contributed by atoms with Crippen molar-refractivity contribution in [3.05, 3.63) is 30.1 Å². The molecule has 102 valence electrons. The van der Waals surface area contributed by atoms with Gasteiger partial charge < -0.3 is 10.2 Å². The van der Waals surface area contributed by atoms with Crippen molar-refractivity contribution < 1.29 is 9.59 Å². The maximum absolute atomic E-state index is 11.9. The minimum Gasteiger partial charge on any atom is -0.348 e. The molecule has 0 atom stereocenters. The van der Waals surface area contributed by atoms with Gasteiger partial charge in [0.25, 0.3) is 5.91 Å². The average Bonchev–Trinajstić information content (AvgIpc) is 2.48. The zero-order valence-corrected chi connectivity index (χ0v) is 11.3. The molecule has 1 aromatic rings. The summed E-state index contributed by atoms with van der Waals surface area (Å²) in [4.78, 5) is 29.1. The maximum Gasteiger partial charge on any atom is 0.270 e. The van der Waals surface area contributed by atoms with Crippen LogP contribution in [0.15, 0.2) is 24.4 Å². The molecule has 0 radical (unpaired) electrons. The van der Waals surface area contributed by atoms with Gasteiger partial charge in [-0.1, -0.05) is 6.07 Å². The van der Waals surface area contributed by atoms with Crippen molar-refractivity contribution in [1.82, 2.24) is 15.2 Å². The second kappa shape index (κ2) is 6.52. The van der Waals surface area contributed by atoms with Crippen LogP contribution >= 0.6 is 11.6 Å².